The number of hydrogen-bond donors (Lipinski definition) is 3. The van der Waals surface area contributed by atoms with Crippen LogP contribution in [0.3, 0.4) is 0 Å². The number of amides is 2. The Balaban J connectivity index is 2.01. The molecule has 0 aliphatic carbocycles. The molecule has 0 aromatic heterocycles. The predicted octanol–water partition coefficient (Wildman–Crippen LogP) is 0.396. The topological polar surface area (TPSA) is 81.1 Å². The maximum absolute atomic E-state index is 12.1. The van der Waals surface area contributed by atoms with Crippen LogP contribution in [-0.2, 0) is 16.1 Å². The van der Waals surface area contributed by atoms with E-state index in [-0.39, 0.29) is 12.6 Å². The number of quaternary nitrogens is 1. The molecule has 1 aliphatic rings. The number of esters is 1. The average Bonchev–Trinajstić information content (AvgIpc) is 2.61. The molecule has 1 unspecified atom stereocenters. The van der Waals surface area contributed by atoms with Crippen LogP contribution in [0.25, 0.3) is 0 Å². The van der Waals surface area contributed by atoms with Gasteiger partial charge in [0.15, 0.2) is 0 Å². The number of hydrogen-bond acceptors (Lipinski definition) is 4. The van der Waals surface area contributed by atoms with Gasteiger partial charge in [0.1, 0.15) is 25.4 Å². The van der Waals surface area contributed by atoms with Crippen molar-refractivity contribution >= 4 is 12.0 Å². The van der Waals surface area contributed by atoms with Gasteiger partial charge in [-0.2, -0.15) is 0 Å². The zero-order valence-corrected chi connectivity index (χ0v) is 15.3. The van der Waals surface area contributed by atoms with Crippen LogP contribution in [0.2, 0.25) is 0 Å². The molecule has 7 heteroatoms. The summed E-state index contributed by atoms with van der Waals surface area (Å²) in [5, 5.41) is 5.34. The number of urea groups is 1. The Hall–Kier alpha value is -2.80. The van der Waals surface area contributed by atoms with E-state index in [1.807, 2.05) is 31.3 Å². The fraction of sp³-hybridized carbons (Fsp3) is 0.368. The average molecular weight is 360 g/mol. The number of carbonyl (C=O) groups is 2. The zero-order chi connectivity index (χ0) is 18.9. The van der Waals surface area contributed by atoms with Crippen molar-refractivity contribution in [1.29, 1.82) is 0 Å². The van der Waals surface area contributed by atoms with Crippen molar-refractivity contribution in [2.24, 2.45) is 0 Å². The van der Waals surface area contributed by atoms with Crippen LogP contribution in [0.4, 0.5) is 4.79 Å². The number of carbonyl (C=O) groups excluding carboxylic acids is 2. The lowest BCUT2D eigenvalue weighted by Crippen LogP contribution is -3.08. The quantitative estimate of drug-likeness (QED) is 0.440. The van der Waals surface area contributed by atoms with Crippen LogP contribution in [-0.4, -0.2) is 45.4 Å². The molecule has 1 aliphatic heterocycles. The molecule has 0 saturated heterocycles. The molecule has 1 heterocycles. The second-order valence-electron chi connectivity index (χ2n) is 6.04. The van der Waals surface area contributed by atoms with E-state index in [4.69, 9.17) is 9.47 Å². The number of benzene rings is 1. The summed E-state index contributed by atoms with van der Waals surface area (Å²) in [6, 6.07) is 7.54. The van der Waals surface area contributed by atoms with Gasteiger partial charge in [0.25, 0.3) is 0 Å². The van der Waals surface area contributed by atoms with Gasteiger partial charge in [-0.15, -0.1) is 0 Å². The van der Waals surface area contributed by atoms with Crippen LogP contribution in [0.5, 0.6) is 5.75 Å². The minimum absolute atomic E-state index is 0.183. The molecule has 140 valence electrons. The molecule has 1 atom stereocenters. The van der Waals surface area contributed by atoms with Gasteiger partial charge >= 0.3 is 12.0 Å². The van der Waals surface area contributed by atoms with Crippen LogP contribution >= 0.6 is 0 Å². The molecule has 2 rings (SSSR count). The van der Waals surface area contributed by atoms with Crippen LogP contribution in [0, 0.1) is 0 Å². The maximum atomic E-state index is 12.1. The largest absolute Gasteiger partial charge is 0.490 e. The molecule has 3 N–H and O–H groups in total. The third kappa shape index (κ3) is 5.63. The molecule has 0 bridgehead atoms. The van der Waals surface area contributed by atoms with Crippen molar-refractivity contribution in [3.05, 3.63) is 53.8 Å². The highest BCUT2D eigenvalue weighted by atomic mass is 16.5. The van der Waals surface area contributed by atoms with Gasteiger partial charge in [0, 0.05) is 5.56 Å². The highest BCUT2D eigenvalue weighted by Crippen LogP contribution is 2.12. The first-order valence-electron chi connectivity index (χ1n) is 8.61. The summed E-state index contributed by atoms with van der Waals surface area (Å²) in [4.78, 5) is 24.8. The molecular weight excluding hydrogens is 334 g/mol. The van der Waals surface area contributed by atoms with Crippen molar-refractivity contribution < 1.29 is 24.0 Å². The monoisotopic (exact) mass is 360 g/mol. The van der Waals surface area contributed by atoms with E-state index in [1.54, 1.807) is 13.0 Å². The number of ether oxygens (including phenoxy) is 2. The molecular formula is C19H26N3O4+. The van der Waals surface area contributed by atoms with Gasteiger partial charge in [-0.1, -0.05) is 12.7 Å². The Morgan fingerprint density at radius 3 is 2.69 bits per heavy atom. The summed E-state index contributed by atoms with van der Waals surface area (Å²) in [6.07, 6.45) is 1.70. The summed E-state index contributed by atoms with van der Waals surface area (Å²) >= 11 is 0. The van der Waals surface area contributed by atoms with Crippen molar-refractivity contribution in [2.45, 2.75) is 13.5 Å². The third-order valence-corrected chi connectivity index (χ3v) is 3.85. The van der Waals surface area contributed by atoms with Crippen molar-refractivity contribution in [2.75, 3.05) is 33.4 Å². The molecule has 0 spiro atoms. The smallest absolute Gasteiger partial charge is 0.337 e. The standard InChI is InChI=1S/C19H25N3O4/c1-4-10-26-15-8-6-14(7-9-15)12-22(3)13-17-16(18(23)25-5-2)11-20-19(24)21-17/h4,6-9H,1,5,10-13H2,2-3H3,(H2,20,21,24)/p+1. The minimum Gasteiger partial charge on any atom is -0.490 e. The fourth-order valence-corrected chi connectivity index (χ4v) is 2.67. The lowest BCUT2D eigenvalue weighted by atomic mass is 10.1. The minimum atomic E-state index is -0.397. The van der Waals surface area contributed by atoms with Gasteiger partial charge in [0.2, 0.25) is 0 Å². The van der Waals surface area contributed by atoms with Crippen molar-refractivity contribution in [1.82, 2.24) is 10.6 Å². The summed E-state index contributed by atoms with van der Waals surface area (Å²) < 4.78 is 10.5. The molecule has 26 heavy (non-hydrogen) atoms. The normalized spacial score (nSPS) is 14.9. The van der Waals surface area contributed by atoms with E-state index < -0.39 is 5.97 Å². The first-order chi connectivity index (χ1) is 12.5. The highest BCUT2D eigenvalue weighted by molar-refractivity contribution is 5.93. The van der Waals surface area contributed by atoms with Crippen molar-refractivity contribution in [3.8, 4) is 5.75 Å². The molecule has 0 radical (unpaired) electrons. The van der Waals surface area contributed by atoms with E-state index >= 15 is 0 Å². The number of likely N-dealkylation sites (N-methyl/N-ethyl adjacent to an activating group) is 1. The van der Waals surface area contributed by atoms with E-state index in [9.17, 15) is 9.59 Å². The van der Waals surface area contributed by atoms with Gasteiger partial charge in [-0.25, -0.2) is 9.59 Å². The lowest BCUT2D eigenvalue weighted by molar-refractivity contribution is -0.889. The van der Waals surface area contributed by atoms with E-state index in [2.05, 4.69) is 17.2 Å². The second-order valence-corrected chi connectivity index (χ2v) is 6.04. The fourth-order valence-electron chi connectivity index (χ4n) is 2.67. The predicted molar refractivity (Wildman–Crippen MR) is 97.8 cm³/mol. The zero-order valence-electron chi connectivity index (χ0n) is 15.3. The Bertz CT molecular complexity index is 683. The Morgan fingerprint density at radius 2 is 2.04 bits per heavy atom. The van der Waals surface area contributed by atoms with Gasteiger partial charge in [0.05, 0.1) is 31.5 Å². The Kier molecular flexibility index (Phi) is 7.23. The molecule has 1 aromatic carbocycles. The summed E-state index contributed by atoms with van der Waals surface area (Å²) in [7, 11) is 2.01. The SMILES string of the molecule is C=CCOc1ccc(C[NH+](C)CC2=C(C(=O)OCC)CNC(=O)N2)cc1. The van der Waals surface area contributed by atoms with Crippen molar-refractivity contribution in [3.63, 3.8) is 0 Å². The van der Waals surface area contributed by atoms with Crippen LogP contribution in [0.15, 0.2) is 48.2 Å². The maximum Gasteiger partial charge on any atom is 0.337 e. The lowest BCUT2D eigenvalue weighted by Gasteiger charge is -2.23. The Morgan fingerprint density at radius 1 is 1.31 bits per heavy atom. The summed E-state index contributed by atoms with van der Waals surface area (Å²) in [5.41, 5.74) is 2.21. The van der Waals surface area contributed by atoms with Gasteiger partial charge < -0.3 is 25.0 Å². The molecule has 0 fully saturated rings. The first-order valence-corrected chi connectivity index (χ1v) is 8.61. The second kappa shape index (κ2) is 9.62. The molecule has 7 nitrogen and oxygen atoms in total. The molecule has 1 aromatic rings. The van der Waals surface area contributed by atoms with E-state index in [0.29, 0.717) is 31.0 Å². The van der Waals surface area contributed by atoms with Gasteiger partial charge in [-0.3, -0.25) is 0 Å². The van der Waals surface area contributed by atoms with Crippen LogP contribution in [0.1, 0.15) is 12.5 Å². The molecule has 2 amide bonds. The summed E-state index contributed by atoms with van der Waals surface area (Å²) in [6.45, 7) is 7.59. The number of rotatable bonds is 9. The van der Waals surface area contributed by atoms with E-state index in [1.165, 1.54) is 0 Å². The van der Waals surface area contributed by atoms with Gasteiger partial charge in [-0.05, 0) is 31.2 Å². The number of nitrogens with one attached hydrogen (secondary N) is 3. The molecule has 0 saturated carbocycles. The highest BCUT2D eigenvalue weighted by Gasteiger charge is 2.25. The third-order valence-electron chi connectivity index (χ3n) is 3.85. The van der Waals surface area contributed by atoms with Crippen LogP contribution < -0.4 is 20.3 Å². The first kappa shape index (κ1) is 19.5. The summed E-state index contributed by atoms with van der Waals surface area (Å²) in [5.74, 6) is 0.399. The van der Waals surface area contributed by atoms with E-state index in [0.717, 1.165) is 22.8 Å². The Labute approximate surface area is 153 Å².